The predicted molar refractivity (Wildman–Crippen MR) is 73.9 cm³/mol. The minimum atomic E-state index is -0.474. The van der Waals surface area contributed by atoms with Gasteiger partial charge in [-0.3, -0.25) is 0 Å². The summed E-state index contributed by atoms with van der Waals surface area (Å²) < 4.78 is 27.7. The van der Waals surface area contributed by atoms with Crippen LogP contribution >= 0.6 is 11.8 Å². The SMILES string of the molecule is CCC(N)Cc1cc(F)c(SC(C)CC)c(F)c1. The van der Waals surface area contributed by atoms with E-state index in [9.17, 15) is 8.78 Å². The molecule has 0 aliphatic carbocycles. The van der Waals surface area contributed by atoms with Crippen LogP contribution in [0.4, 0.5) is 8.78 Å². The standard InChI is InChI=1S/C14H21F2NS/c1-4-9(3)18-14-12(15)7-10(8-13(14)16)6-11(17)5-2/h7-9,11H,4-6,17H2,1-3H3. The highest BCUT2D eigenvalue weighted by Gasteiger charge is 2.15. The van der Waals surface area contributed by atoms with Crippen LogP contribution in [0.1, 0.15) is 39.2 Å². The van der Waals surface area contributed by atoms with Crippen LogP contribution < -0.4 is 5.73 Å². The van der Waals surface area contributed by atoms with Crippen molar-refractivity contribution in [2.24, 2.45) is 5.73 Å². The normalized spacial score (nSPS) is 14.6. The summed E-state index contributed by atoms with van der Waals surface area (Å²) in [6.07, 6.45) is 2.19. The third-order valence-electron chi connectivity index (χ3n) is 2.97. The molecule has 4 heteroatoms. The van der Waals surface area contributed by atoms with E-state index in [2.05, 4.69) is 0 Å². The van der Waals surface area contributed by atoms with E-state index in [1.54, 1.807) is 0 Å². The molecular weight excluding hydrogens is 252 g/mol. The van der Waals surface area contributed by atoms with Crippen LogP contribution in [0.25, 0.3) is 0 Å². The summed E-state index contributed by atoms with van der Waals surface area (Å²) in [5.41, 5.74) is 6.43. The molecule has 0 saturated heterocycles. The van der Waals surface area contributed by atoms with Gasteiger partial charge in [-0.2, -0.15) is 0 Å². The molecule has 0 saturated carbocycles. The Morgan fingerprint density at radius 3 is 2.17 bits per heavy atom. The smallest absolute Gasteiger partial charge is 0.140 e. The van der Waals surface area contributed by atoms with Gasteiger partial charge in [0.15, 0.2) is 0 Å². The van der Waals surface area contributed by atoms with Crippen LogP contribution in [0, 0.1) is 11.6 Å². The molecule has 0 amide bonds. The lowest BCUT2D eigenvalue weighted by molar-refractivity contribution is 0.533. The van der Waals surface area contributed by atoms with Crippen molar-refractivity contribution in [1.29, 1.82) is 0 Å². The van der Waals surface area contributed by atoms with Crippen LogP contribution in [-0.2, 0) is 6.42 Å². The lowest BCUT2D eigenvalue weighted by Gasteiger charge is -2.13. The first-order valence-corrected chi connectivity index (χ1v) is 7.26. The second-order valence-corrected chi connectivity index (χ2v) is 6.05. The molecular formula is C14H21F2NS. The Balaban J connectivity index is 2.90. The van der Waals surface area contributed by atoms with Gasteiger partial charge in [-0.1, -0.05) is 20.8 Å². The highest BCUT2D eigenvalue weighted by molar-refractivity contribution is 8.00. The maximum absolute atomic E-state index is 13.9. The van der Waals surface area contributed by atoms with Crippen molar-refractivity contribution in [3.8, 4) is 0 Å². The Kier molecular flexibility index (Phi) is 6.09. The number of benzene rings is 1. The molecule has 1 nitrogen and oxygen atoms in total. The minimum Gasteiger partial charge on any atom is -0.327 e. The Labute approximate surface area is 112 Å². The summed E-state index contributed by atoms with van der Waals surface area (Å²) in [4.78, 5) is 0.123. The number of thioether (sulfide) groups is 1. The van der Waals surface area contributed by atoms with Crippen molar-refractivity contribution >= 4 is 11.8 Å². The average Bonchev–Trinajstić information content (AvgIpc) is 2.33. The molecule has 0 aliphatic rings. The third-order valence-corrected chi connectivity index (χ3v) is 4.34. The molecule has 18 heavy (non-hydrogen) atoms. The number of hydrogen-bond acceptors (Lipinski definition) is 2. The lowest BCUT2D eigenvalue weighted by atomic mass is 10.0. The first-order chi connectivity index (χ1) is 8.47. The Hall–Kier alpha value is -0.610. The summed E-state index contributed by atoms with van der Waals surface area (Å²) in [5, 5.41) is 0.206. The molecule has 2 unspecified atom stereocenters. The second kappa shape index (κ2) is 7.10. The minimum absolute atomic E-state index is 0.0446. The first-order valence-electron chi connectivity index (χ1n) is 6.38. The van der Waals surface area contributed by atoms with Crippen molar-refractivity contribution < 1.29 is 8.78 Å². The van der Waals surface area contributed by atoms with Crippen LogP contribution in [0.15, 0.2) is 17.0 Å². The quantitative estimate of drug-likeness (QED) is 0.788. The van der Waals surface area contributed by atoms with Gasteiger partial charge in [0.25, 0.3) is 0 Å². The fourth-order valence-electron chi connectivity index (χ4n) is 1.57. The number of halogens is 2. The van der Waals surface area contributed by atoms with E-state index in [1.807, 2.05) is 20.8 Å². The fraction of sp³-hybridized carbons (Fsp3) is 0.571. The van der Waals surface area contributed by atoms with Gasteiger partial charge >= 0.3 is 0 Å². The number of hydrogen-bond donors (Lipinski definition) is 1. The van der Waals surface area contributed by atoms with Gasteiger partial charge in [-0.25, -0.2) is 8.78 Å². The fourth-order valence-corrected chi connectivity index (χ4v) is 2.49. The Morgan fingerprint density at radius 1 is 1.17 bits per heavy atom. The average molecular weight is 273 g/mol. The van der Waals surface area contributed by atoms with Gasteiger partial charge in [-0.15, -0.1) is 11.8 Å². The van der Waals surface area contributed by atoms with Crippen LogP contribution in [0.3, 0.4) is 0 Å². The molecule has 0 aliphatic heterocycles. The molecule has 0 fully saturated rings. The van der Waals surface area contributed by atoms with Gasteiger partial charge in [-0.05, 0) is 37.0 Å². The van der Waals surface area contributed by atoms with Crippen molar-refractivity contribution in [2.75, 3.05) is 0 Å². The van der Waals surface area contributed by atoms with Gasteiger partial charge in [0.05, 0.1) is 4.90 Å². The molecule has 102 valence electrons. The van der Waals surface area contributed by atoms with Crippen molar-refractivity contribution in [1.82, 2.24) is 0 Å². The van der Waals surface area contributed by atoms with Crippen molar-refractivity contribution in [2.45, 2.75) is 56.2 Å². The summed E-state index contributed by atoms with van der Waals surface area (Å²) in [6, 6.07) is 2.77. The van der Waals surface area contributed by atoms with Gasteiger partial charge < -0.3 is 5.73 Å². The topological polar surface area (TPSA) is 26.0 Å². The molecule has 2 atom stereocenters. The van der Waals surface area contributed by atoms with E-state index in [0.717, 1.165) is 12.8 Å². The van der Waals surface area contributed by atoms with Crippen LogP contribution in [0.5, 0.6) is 0 Å². The zero-order valence-corrected chi connectivity index (χ0v) is 12.0. The Morgan fingerprint density at radius 2 is 1.72 bits per heavy atom. The molecule has 0 radical (unpaired) electrons. The van der Waals surface area contributed by atoms with Crippen molar-refractivity contribution in [3.63, 3.8) is 0 Å². The predicted octanol–water partition coefficient (Wildman–Crippen LogP) is 4.14. The number of rotatable bonds is 6. The summed E-state index contributed by atoms with van der Waals surface area (Å²) in [7, 11) is 0. The van der Waals surface area contributed by atoms with Gasteiger partial charge in [0, 0.05) is 11.3 Å². The molecule has 1 rings (SSSR count). The summed E-state index contributed by atoms with van der Waals surface area (Å²) >= 11 is 1.25. The van der Waals surface area contributed by atoms with Crippen molar-refractivity contribution in [3.05, 3.63) is 29.3 Å². The second-order valence-electron chi connectivity index (χ2n) is 4.60. The highest BCUT2D eigenvalue weighted by Crippen LogP contribution is 2.31. The maximum Gasteiger partial charge on any atom is 0.140 e. The molecule has 0 heterocycles. The molecule has 1 aromatic rings. The van der Waals surface area contributed by atoms with E-state index in [-0.39, 0.29) is 16.2 Å². The Bertz CT molecular complexity index is 372. The monoisotopic (exact) mass is 273 g/mol. The largest absolute Gasteiger partial charge is 0.327 e. The molecule has 2 N–H and O–H groups in total. The molecule has 0 bridgehead atoms. The summed E-state index contributed by atoms with van der Waals surface area (Å²) in [6.45, 7) is 5.93. The molecule has 0 aromatic heterocycles. The van der Waals surface area contributed by atoms with Crippen LogP contribution in [0.2, 0.25) is 0 Å². The van der Waals surface area contributed by atoms with E-state index < -0.39 is 11.6 Å². The van der Waals surface area contributed by atoms with Gasteiger partial charge in [0.2, 0.25) is 0 Å². The van der Waals surface area contributed by atoms with E-state index in [4.69, 9.17) is 5.73 Å². The molecule has 1 aromatic carbocycles. The first kappa shape index (κ1) is 15.4. The summed E-state index contributed by atoms with van der Waals surface area (Å²) in [5.74, 6) is -0.947. The van der Waals surface area contributed by atoms with E-state index in [0.29, 0.717) is 12.0 Å². The molecule has 0 spiro atoms. The van der Waals surface area contributed by atoms with Gasteiger partial charge in [0.1, 0.15) is 11.6 Å². The third kappa shape index (κ3) is 4.25. The highest BCUT2D eigenvalue weighted by atomic mass is 32.2. The van der Waals surface area contributed by atoms with E-state index in [1.165, 1.54) is 23.9 Å². The van der Waals surface area contributed by atoms with Crippen LogP contribution in [-0.4, -0.2) is 11.3 Å². The maximum atomic E-state index is 13.9. The zero-order valence-electron chi connectivity index (χ0n) is 11.2. The van der Waals surface area contributed by atoms with E-state index >= 15 is 0 Å². The zero-order chi connectivity index (χ0) is 13.7. The number of nitrogens with two attached hydrogens (primary N) is 1. The lowest BCUT2D eigenvalue weighted by Crippen LogP contribution is -2.21.